The first kappa shape index (κ1) is 20.9. The highest BCUT2D eigenvalue weighted by atomic mass is 15.3. The minimum atomic E-state index is 0.952. The number of hydrogen-bond donors (Lipinski definition) is 1. The quantitative estimate of drug-likeness (QED) is 0.691. The van der Waals surface area contributed by atoms with E-state index in [9.17, 15) is 0 Å². The van der Waals surface area contributed by atoms with Crippen LogP contribution in [0.5, 0.6) is 0 Å². The van der Waals surface area contributed by atoms with E-state index in [0.29, 0.717) is 0 Å². The molecule has 2 fully saturated rings. The Bertz CT molecular complexity index is 256. The van der Waals surface area contributed by atoms with Gasteiger partial charge in [-0.2, -0.15) is 0 Å². The zero-order chi connectivity index (χ0) is 16.9. The SMILES string of the molecule is CC.CCNCCCN1CCN(CC2CCN(CC)CC2)CC1. The molecule has 0 atom stereocenters. The fourth-order valence-corrected chi connectivity index (χ4v) is 3.65. The van der Waals surface area contributed by atoms with Gasteiger partial charge in [-0.3, -0.25) is 0 Å². The van der Waals surface area contributed by atoms with Crippen LogP contribution >= 0.6 is 0 Å². The van der Waals surface area contributed by atoms with Crippen molar-refractivity contribution in [2.45, 2.75) is 47.0 Å². The highest BCUT2D eigenvalue weighted by Gasteiger charge is 2.23. The molecular weight excluding hydrogens is 284 g/mol. The summed E-state index contributed by atoms with van der Waals surface area (Å²) < 4.78 is 0. The second-order valence-electron chi connectivity index (χ2n) is 6.73. The van der Waals surface area contributed by atoms with Crippen molar-refractivity contribution >= 4 is 0 Å². The molecule has 2 heterocycles. The molecule has 0 aromatic rings. The summed E-state index contributed by atoms with van der Waals surface area (Å²) in [7, 11) is 0. The third kappa shape index (κ3) is 8.48. The molecule has 2 saturated heterocycles. The highest BCUT2D eigenvalue weighted by Crippen LogP contribution is 2.18. The lowest BCUT2D eigenvalue weighted by Crippen LogP contribution is -2.49. The largest absolute Gasteiger partial charge is 0.317 e. The summed E-state index contributed by atoms with van der Waals surface area (Å²) in [5.74, 6) is 0.952. The van der Waals surface area contributed by atoms with Crippen LogP contribution in [-0.4, -0.2) is 86.7 Å². The van der Waals surface area contributed by atoms with Crippen molar-refractivity contribution in [1.29, 1.82) is 0 Å². The van der Waals surface area contributed by atoms with Crippen LogP contribution in [-0.2, 0) is 0 Å². The molecule has 0 aromatic heterocycles. The summed E-state index contributed by atoms with van der Waals surface area (Å²) in [6, 6.07) is 0. The van der Waals surface area contributed by atoms with Crippen LogP contribution in [0.25, 0.3) is 0 Å². The van der Waals surface area contributed by atoms with Gasteiger partial charge in [-0.25, -0.2) is 0 Å². The Labute approximate surface area is 145 Å². The zero-order valence-corrected chi connectivity index (χ0v) is 16.3. The Kier molecular flexibility index (Phi) is 12.0. The fourth-order valence-electron chi connectivity index (χ4n) is 3.65. The third-order valence-electron chi connectivity index (χ3n) is 5.21. The number of piperazine rings is 1. The molecule has 4 nitrogen and oxygen atoms in total. The van der Waals surface area contributed by atoms with Crippen LogP contribution < -0.4 is 5.32 Å². The van der Waals surface area contributed by atoms with Crippen LogP contribution in [0.1, 0.15) is 47.0 Å². The second kappa shape index (κ2) is 13.2. The van der Waals surface area contributed by atoms with Crippen molar-refractivity contribution in [2.75, 3.05) is 72.0 Å². The number of rotatable bonds is 8. The van der Waals surface area contributed by atoms with E-state index in [0.717, 1.165) is 12.5 Å². The minimum Gasteiger partial charge on any atom is -0.317 e. The topological polar surface area (TPSA) is 21.8 Å². The molecule has 0 aromatic carbocycles. The van der Waals surface area contributed by atoms with Gasteiger partial charge in [0.2, 0.25) is 0 Å². The van der Waals surface area contributed by atoms with Gasteiger partial charge in [0, 0.05) is 32.7 Å². The number of likely N-dealkylation sites (tertiary alicyclic amines) is 1. The van der Waals surface area contributed by atoms with Gasteiger partial charge in [-0.05, 0) is 64.4 Å². The number of nitrogens with zero attached hydrogens (tertiary/aromatic N) is 3. The fraction of sp³-hybridized carbons (Fsp3) is 1.00. The average molecular weight is 327 g/mol. The molecule has 0 saturated carbocycles. The summed E-state index contributed by atoms with van der Waals surface area (Å²) in [5, 5.41) is 3.42. The van der Waals surface area contributed by atoms with Crippen molar-refractivity contribution in [1.82, 2.24) is 20.0 Å². The predicted molar refractivity (Wildman–Crippen MR) is 102 cm³/mol. The predicted octanol–water partition coefficient (Wildman–Crippen LogP) is 2.36. The lowest BCUT2D eigenvalue weighted by atomic mass is 9.96. The van der Waals surface area contributed by atoms with Crippen molar-refractivity contribution in [3.63, 3.8) is 0 Å². The van der Waals surface area contributed by atoms with Gasteiger partial charge in [0.1, 0.15) is 0 Å². The summed E-state index contributed by atoms with van der Waals surface area (Å²) in [5.41, 5.74) is 0. The molecule has 2 aliphatic heterocycles. The van der Waals surface area contributed by atoms with Gasteiger partial charge in [-0.1, -0.05) is 27.7 Å². The van der Waals surface area contributed by atoms with Crippen molar-refractivity contribution < 1.29 is 0 Å². The number of piperidine rings is 1. The standard InChI is InChI=1S/C17H36N4.C2H6/c1-3-18-8-5-9-20-12-14-21(15-13-20)16-17-6-10-19(4-2)11-7-17;1-2/h17-18H,3-16H2,1-2H3;1-2H3. The van der Waals surface area contributed by atoms with E-state index < -0.39 is 0 Å². The molecule has 0 bridgehead atoms. The summed E-state index contributed by atoms with van der Waals surface area (Å²) in [4.78, 5) is 7.96. The maximum atomic E-state index is 3.42. The van der Waals surface area contributed by atoms with E-state index >= 15 is 0 Å². The van der Waals surface area contributed by atoms with Crippen molar-refractivity contribution in [3.8, 4) is 0 Å². The molecule has 138 valence electrons. The molecule has 0 spiro atoms. The van der Waals surface area contributed by atoms with E-state index in [1.807, 2.05) is 13.8 Å². The molecule has 0 radical (unpaired) electrons. The molecule has 0 aliphatic carbocycles. The monoisotopic (exact) mass is 326 g/mol. The molecule has 0 unspecified atom stereocenters. The summed E-state index contributed by atoms with van der Waals surface area (Å²) in [6.07, 6.45) is 4.12. The van der Waals surface area contributed by atoms with Gasteiger partial charge >= 0.3 is 0 Å². The van der Waals surface area contributed by atoms with Crippen LogP contribution in [0, 0.1) is 5.92 Å². The number of hydrogen-bond acceptors (Lipinski definition) is 4. The zero-order valence-electron chi connectivity index (χ0n) is 16.3. The maximum absolute atomic E-state index is 3.42. The molecular formula is C19H42N4. The van der Waals surface area contributed by atoms with Gasteiger partial charge in [0.15, 0.2) is 0 Å². The Hall–Kier alpha value is -0.160. The van der Waals surface area contributed by atoms with Crippen molar-refractivity contribution in [2.24, 2.45) is 5.92 Å². The first-order valence-corrected chi connectivity index (χ1v) is 10.2. The van der Waals surface area contributed by atoms with Gasteiger partial charge in [0.05, 0.1) is 0 Å². The average Bonchev–Trinajstić information content (AvgIpc) is 2.62. The Morgan fingerprint density at radius 3 is 2.00 bits per heavy atom. The Morgan fingerprint density at radius 1 is 0.826 bits per heavy atom. The van der Waals surface area contributed by atoms with Gasteiger partial charge in [0.25, 0.3) is 0 Å². The molecule has 0 amide bonds. The summed E-state index contributed by atoms with van der Waals surface area (Å²) in [6.45, 7) is 22.4. The first-order valence-electron chi connectivity index (χ1n) is 10.2. The Morgan fingerprint density at radius 2 is 1.43 bits per heavy atom. The van der Waals surface area contributed by atoms with Crippen LogP contribution in [0.4, 0.5) is 0 Å². The van der Waals surface area contributed by atoms with E-state index in [1.54, 1.807) is 0 Å². The van der Waals surface area contributed by atoms with Gasteiger partial charge in [-0.15, -0.1) is 0 Å². The molecule has 23 heavy (non-hydrogen) atoms. The van der Waals surface area contributed by atoms with Crippen LogP contribution in [0.3, 0.4) is 0 Å². The highest BCUT2D eigenvalue weighted by molar-refractivity contribution is 4.78. The second-order valence-corrected chi connectivity index (χ2v) is 6.73. The lowest BCUT2D eigenvalue weighted by molar-refractivity contribution is 0.0958. The first-order chi connectivity index (χ1) is 11.3. The molecule has 4 heteroatoms. The lowest BCUT2D eigenvalue weighted by Gasteiger charge is -2.38. The normalized spacial score (nSPS) is 21.9. The molecule has 1 N–H and O–H groups in total. The third-order valence-corrected chi connectivity index (χ3v) is 5.21. The molecule has 2 aliphatic rings. The van der Waals surface area contributed by atoms with E-state index in [-0.39, 0.29) is 0 Å². The van der Waals surface area contributed by atoms with E-state index in [4.69, 9.17) is 0 Å². The van der Waals surface area contributed by atoms with Crippen LogP contribution in [0.15, 0.2) is 0 Å². The maximum Gasteiger partial charge on any atom is 0.0110 e. The number of nitrogens with one attached hydrogen (secondary N) is 1. The van der Waals surface area contributed by atoms with Gasteiger partial charge < -0.3 is 20.0 Å². The summed E-state index contributed by atoms with van der Waals surface area (Å²) >= 11 is 0. The smallest absolute Gasteiger partial charge is 0.0110 e. The van der Waals surface area contributed by atoms with Crippen molar-refractivity contribution in [3.05, 3.63) is 0 Å². The van der Waals surface area contributed by atoms with Crippen LogP contribution in [0.2, 0.25) is 0 Å². The molecule has 2 rings (SSSR count). The van der Waals surface area contributed by atoms with E-state index in [2.05, 4.69) is 33.9 Å². The minimum absolute atomic E-state index is 0.952. The van der Waals surface area contributed by atoms with E-state index in [1.165, 1.54) is 84.7 Å². The Balaban J connectivity index is 0.00000127.